The van der Waals surface area contributed by atoms with Gasteiger partial charge in [-0.15, -0.1) is 0 Å². The normalized spacial score (nSPS) is 23.3. The minimum Gasteiger partial charge on any atom is -0.508 e. The van der Waals surface area contributed by atoms with Crippen molar-refractivity contribution >= 4 is 17.7 Å². The summed E-state index contributed by atoms with van der Waals surface area (Å²) < 4.78 is 5.98. The molecule has 0 spiro atoms. The Bertz CT molecular complexity index is 994. The number of ketones is 1. The molecule has 2 aromatic carbocycles. The van der Waals surface area contributed by atoms with Crippen LogP contribution >= 0.6 is 0 Å². The number of ether oxygens (including phenoxy) is 1. The predicted molar refractivity (Wildman–Crippen MR) is 97.1 cm³/mol. The van der Waals surface area contributed by atoms with E-state index in [1.165, 1.54) is 30.3 Å². The van der Waals surface area contributed by atoms with Crippen LogP contribution in [0.2, 0.25) is 0 Å². The molecule has 2 aliphatic rings. The second kappa shape index (κ2) is 6.67. The number of aromatic carboxylic acids is 2. The van der Waals surface area contributed by atoms with Gasteiger partial charge in [-0.2, -0.15) is 0 Å². The molecule has 3 atom stereocenters. The van der Waals surface area contributed by atoms with Crippen LogP contribution in [0.4, 0.5) is 0 Å². The fourth-order valence-corrected chi connectivity index (χ4v) is 4.32. The van der Waals surface area contributed by atoms with Gasteiger partial charge in [0.25, 0.3) is 0 Å². The molecule has 28 heavy (non-hydrogen) atoms. The summed E-state index contributed by atoms with van der Waals surface area (Å²) in [6.45, 7) is 0. The third-order valence-corrected chi connectivity index (χ3v) is 5.57. The number of hydrogen-bond acceptors (Lipinski definition) is 5. The Labute approximate surface area is 160 Å². The highest BCUT2D eigenvalue weighted by atomic mass is 16.5. The highest BCUT2D eigenvalue weighted by Gasteiger charge is 2.43. The monoisotopic (exact) mass is 382 g/mol. The zero-order valence-electron chi connectivity index (χ0n) is 14.8. The summed E-state index contributed by atoms with van der Waals surface area (Å²) in [6, 6.07) is 8.76. The van der Waals surface area contributed by atoms with Crippen molar-refractivity contribution in [2.45, 2.75) is 31.3 Å². The Morgan fingerprint density at radius 1 is 1.00 bits per heavy atom. The molecule has 7 heteroatoms. The zero-order valence-corrected chi connectivity index (χ0v) is 14.8. The fourth-order valence-electron chi connectivity index (χ4n) is 4.32. The van der Waals surface area contributed by atoms with Crippen molar-refractivity contribution in [3.8, 4) is 11.5 Å². The molecule has 0 bridgehead atoms. The lowest BCUT2D eigenvalue weighted by atomic mass is 9.69. The molecule has 3 unspecified atom stereocenters. The number of hydrogen-bond donors (Lipinski definition) is 3. The summed E-state index contributed by atoms with van der Waals surface area (Å²) in [5.74, 6) is -2.40. The molecule has 1 fully saturated rings. The van der Waals surface area contributed by atoms with Crippen LogP contribution in [0.25, 0.3) is 0 Å². The number of carboxylic acids is 2. The Hall–Kier alpha value is -3.35. The van der Waals surface area contributed by atoms with Gasteiger partial charge in [0.2, 0.25) is 0 Å². The van der Waals surface area contributed by atoms with Gasteiger partial charge < -0.3 is 20.1 Å². The molecule has 0 saturated heterocycles. The van der Waals surface area contributed by atoms with Crippen LogP contribution in [0.15, 0.2) is 36.4 Å². The summed E-state index contributed by atoms with van der Waals surface area (Å²) in [4.78, 5) is 35.1. The largest absolute Gasteiger partial charge is 0.508 e. The lowest BCUT2D eigenvalue weighted by molar-refractivity contribution is -0.124. The average Bonchev–Trinajstić information content (AvgIpc) is 2.65. The minimum atomic E-state index is -1.21. The van der Waals surface area contributed by atoms with Crippen LogP contribution in [0.3, 0.4) is 0 Å². The van der Waals surface area contributed by atoms with Crippen molar-refractivity contribution < 1.29 is 34.4 Å². The number of phenolic OH excluding ortho intramolecular Hbond substituents is 1. The molecule has 7 nitrogen and oxygen atoms in total. The first-order chi connectivity index (χ1) is 13.3. The molecular weight excluding hydrogens is 364 g/mol. The number of rotatable bonds is 3. The van der Waals surface area contributed by atoms with E-state index in [1.807, 2.05) is 0 Å². The van der Waals surface area contributed by atoms with Gasteiger partial charge in [0.05, 0.1) is 11.1 Å². The third kappa shape index (κ3) is 2.98. The molecule has 4 rings (SSSR count). The van der Waals surface area contributed by atoms with Gasteiger partial charge in [0.1, 0.15) is 23.4 Å². The third-order valence-electron chi connectivity index (χ3n) is 5.57. The Balaban J connectivity index is 1.91. The summed E-state index contributed by atoms with van der Waals surface area (Å²) in [5, 5.41) is 28.8. The molecule has 144 valence electrons. The van der Waals surface area contributed by atoms with Gasteiger partial charge in [0, 0.05) is 36.3 Å². The number of carbonyl (C=O) groups excluding carboxylic acids is 1. The van der Waals surface area contributed by atoms with E-state index in [2.05, 4.69) is 0 Å². The summed E-state index contributed by atoms with van der Waals surface area (Å²) in [7, 11) is 0. The number of fused-ring (bicyclic) bond motifs is 2. The van der Waals surface area contributed by atoms with E-state index >= 15 is 0 Å². The number of benzene rings is 2. The van der Waals surface area contributed by atoms with E-state index in [4.69, 9.17) is 4.74 Å². The van der Waals surface area contributed by atoms with E-state index in [0.717, 1.165) is 5.56 Å². The molecule has 1 saturated carbocycles. The summed E-state index contributed by atoms with van der Waals surface area (Å²) in [5.41, 5.74) is 1.02. The molecule has 1 aliphatic carbocycles. The molecule has 1 aliphatic heterocycles. The maximum absolute atomic E-state index is 11.9. The number of phenols is 1. The maximum atomic E-state index is 11.9. The van der Waals surface area contributed by atoms with Crippen molar-refractivity contribution in [2.24, 2.45) is 5.92 Å². The highest BCUT2D eigenvalue weighted by Crippen LogP contribution is 2.49. The Morgan fingerprint density at radius 3 is 2.46 bits per heavy atom. The van der Waals surface area contributed by atoms with Gasteiger partial charge in [-0.1, -0.05) is 12.1 Å². The highest BCUT2D eigenvalue weighted by molar-refractivity contribution is 5.95. The molecule has 2 aromatic rings. The van der Waals surface area contributed by atoms with Crippen LogP contribution in [0.5, 0.6) is 11.5 Å². The second-order valence-electron chi connectivity index (χ2n) is 7.21. The van der Waals surface area contributed by atoms with E-state index in [1.54, 1.807) is 6.07 Å². The van der Waals surface area contributed by atoms with Crippen molar-refractivity contribution in [3.63, 3.8) is 0 Å². The lowest BCUT2D eigenvalue weighted by Gasteiger charge is -2.42. The zero-order chi connectivity index (χ0) is 20.0. The van der Waals surface area contributed by atoms with Gasteiger partial charge in [0.15, 0.2) is 0 Å². The standard InChI is InChI=1S/C21H18O7/c22-11-2-5-14-17(8-11)28-18-9-12(23)3-6-15(18)19(14)13-4-1-10(20(24)25)7-16(13)21(26)27/h1-2,4-5,7-8,15,18-19,22H,3,6,9H2,(H,24,25)(H,26,27). The molecular formula is C21H18O7. The number of carboxylic acid groups (broad SMARTS) is 2. The lowest BCUT2D eigenvalue weighted by Crippen LogP contribution is -2.41. The molecule has 3 N–H and O–H groups in total. The van der Waals surface area contributed by atoms with Crippen LogP contribution in [-0.4, -0.2) is 39.1 Å². The number of aromatic hydroxyl groups is 1. The van der Waals surface area contributed by atoms with Gasteiger partial charge in [-0.25, -0.2) is 9.59 Å². The SMILES string of the molecule is O=C1CCC2C(C1)Oc1cc(O)ccc1C2c1ccc(C(=O)O)cc1C(=O)O. The van der Waals surface area contributed by atoms with Crippen LogP contribution < -0.4 is 4.74 Å². The van der Waals surface area contributed by atoms with Crippen molar-refractivity contribution in [1.29, 1.82) is 0 Å². The second-order valence-corrected chi connectivity index (χ2v) is 7.21. The van der Waals surface area contributed by atoms with Crippen LogP contribution in [-0.2, 0) is 4.79 Å². The van der Waals surface area contributed by atoms with E-state index in [9.17, 15) is 29.7 Å². The van der Waals surface area contributed by atoms with Crippen molar-refractivity contribution in [2.75, 3.05) is 0 Å². The van der Waals surface area contributed by atoms with Gasteiger partial charge >= 0.3 is 11.9 Å². The quantitative estimate of drug-likeness (QED) is 0.746. The first kappa shape index (κ1) is 18.0. The summed E-state index contributed by atoms with van der Waals surface area (Å²) in [6.07, 6.45) is 0.755. The molecule has 1 heterocycles. The Kier molecular flexibility index (Phi) is 4.30. The molecule has 0 aromatic heterocycles. The Morgan fingerprint density at radius 2 is 1.75 bits per heavy atom. The smallest absolute Gasteiger partial charge is 0.336 e. The average molecular weight is 382 g/mol. The number of carbonyl (C=O) groups is 3. The minimum absolute atomic E-state index is 0.0118. The van der Waals surface area contributed by atoms with Crippen LogP contribution in [0.1, 0.15) is 57.0 Å². The van der Waals surface area contributed by atoms with E-state index < -0.39 is 18.0 Å². The fraction of sp³-hybridized carbons (Fsp3) is 0.286. The first-order valence-electron chi connectivity index (χ1n) is 8.97. The van der Waals surface area contributed by atoms with Gasteiger partial charge in [-0.3, -0.25) is 4.79 Å². The van der Waals surface area contributed by atoms with Gasteiger partial charge in [-0.05, 0) is 30.2 Å². The van der Waals surface area contributed by atoms with Crippen molar-refractivity contribution in [3.05, 3.63) is 58.7 Å². The predicted octanol–water partition coefficient (Wildman–Crippen LogP) is 3.05. The van der Waals surface area contributed by atoms with Crippen LogP contribution in [0, 0.1) is 5.92 Å². The molecule has 0 amide bonds. The van der Waals surface area contributed by atoms with E-state index in [0.29, 0.717) is 24.2 Å². The summed E-state index contributed by atoms with van der Waals surface area (Å²) >= 11 is 0. The number of Topliss-reactive ketones (excluding diaryl/α,β-unsaturated/α-hetero) is 1. The van der Waals surface area contributed by atoms with E-state index in [-0.39, 0.29) is 40.9 Å². The maximum Gasteiger partial charge on any atom is 0.336 e. The van der Waals surface area contributed by atoms with Crippen molar-refractivity contribution in [1.82, 2.24) is 0 Å². The first-order valence-corrected chi connectivity index (χ1v) is 8.97. The molecule has 0 radical (unpaired) electrons. The topological polar surface area (TPSA) is 121 Å².